The summed E-state index contributed by atoms with van der Waals surface area (Å²) in [5, 5.41) is 0. The van der Waals surface area contributed by atoms with Crippen molar-refractivity contribution < 1.29 is 4.74 Å². The van der Waals surface area contributed by atoms with Gasteiger partial charge >= 0.3 is 0 Å². The summed E-state index contributed by atoms with van der Waals surface area (Å²) in [5.41, 5.74) is 13.6. The number of fused-ring (bicyclic) bond motifs is 10. The second-order valence-electron chi connectivity index (χ2n) is 16.2. The number of ether oxygens (including phenoxy) is 1. The molecule has 4 heteroatoms. The Morgan fingerprint density at radius 2 is 1.10 bits per heavy atom. The summed E-state index contributed by atoms with van der Waals surface area (Å²) in [5.74, 6) is 4.55. The molecule has 0 saturated heterocycles. The summed E-state index contributed by atoms with van der Waals surface area (Å²) in [6.45, 7) is 0. The van der Waals surface area contributed by atoms with Crippen molar-refractivity contribution in [2.45, 2.75) is 23.7 Å². The lowest BCUT2D eigenvalue weighted by Crippen LogP contribution is -2.37. The standard InChI is InChI=1S/C56H39N3O/c1-3-16-36(17-4-1)41-31-32-46(43-23-8-7-22-42(41)43)55-58-53(37-18-5-2-6-19-37)57-54(59-55)40-21-15-20-38(34-40)39-30-33-50-52(35-39)60-51-29-14-13-28-49(51)56(50)47-26-11-9-24-44(47)45-25-10-12-27-48(45)56/h1-30,32-35,41,44,47H,31H2. The first kappa shape index (κ1) is 34.6. The van der Waals surface area contributed by atoms with Gasteiger partial charge in [-0.15, -0.1) is 0 Å². The van der Waals surface area contributed by atoms with Crippen molar-refractivity contribution in [2.75, 3.05) is 0 Å². The summed E-state index contributed by atoms with van der Waals surface area (Å²) < 4.78 is 6.87. The highest BCUT2D eigenvalue weighted by atomic mass is 16.5. The summed E-state index contributed by atoms with van der Waals surface area (Å²) >= 11 is 0. The van der Waals surface area contributed by atoms with Crippen LogP contribution in [-0.2, 0) is 5.41 Å². The average molecular weight is 770 g/mol. The van der Waals surface area contributed by atoms with Gasteiger partial charge in [-0.25, -0.2) is 15.0 Å². The van der Waals surface area contributed by atoms with Gasteiger partial charge in [0.25, 0.3) is 0 Å². The highest BCUT2D eigenvalue weighted by Gasteiger charge is 2.56. The van der Waals surface area contributed by atoms with E-state index in [2.05, 4.69) is 188 Å². The molecule has 0 fully saturated rings. The maximum Gasteiger partial charge on any atom is 0.164 e. The number of aromatic nitrogens is 3. The summed E-state index contributed by atoms with van der Waals surface area (Å²) in [7, 11) is 0. The van der Waals surface area contributed by atoms with Gasteiger partial charge < -0.3 is 4.74 Å². The minimum absolute atomic E-state index is 0.227. The van der Waals surface area contributed by atoms with Crippen molar-refractivity contribution in [3.63, 3.8) is 0 Å². The highest BCUT2D eigenvalue weighted by Crippen LogP contribution is 2.64. The van der Waals surface area contributed by atoms with Crippen LogP contribution in [0, 0.1) is 5.92 Å². The largest absolute Gasteiger partial charge is 0.457 e. The third-order valence-corrected chi connectivity index (χ3v) is 13.1. The van der Waals surface area contributed by atoms with E-state index in [0.29, 0.717) is 17.5 Å². The third-order valence-electron chi connectivity index (χ3n) is 13.1. The van der Waals surface area contributed by atoms with E-state index in [4.69, 9.17) is 19.7 Å². The van der Waals surface area contributed by atoms with Crippen LogP contribution in [0.5, 0.6) is 11.5 Å². The molecule has 2 heterocycles. The van der Waals surface area contributed by atoms with Crippen molar-refractivity contribution in [3.05, 3.63) is 251 Å². The Morgan fingerprint density at radius 3 is 1.97 bits per heavy atom. The van der Waals surface area contributed by atoms with Crippen molar-refractivity contribution in [1.82, 2.24) is 15.0 Å². The molecular formula is C56H39N3O. The zero-order chi connectivity index (χ0) is 39.6. The summed E-state index contributed by atoms with van der Waals surface area (Å²) in [6, 6.07) is 62.7. The first-order valence-electron chi connectivity index (χ1n) is 20.9. The molecule has 0 N–H and O–H groups in total. The molecule has 1 aliphatic heterocycles. The van der Waals surface area contributed by atoms with Crippen LogP contribution in [0.1, 0.15) is 63.0 Å². The SMILES string of the molecule is C1=CC2c3ccccc3C3(c4ccccc4Oc4cc(-c5cccc(-c6nc(C7=CCC(c8ccccc8)c8ccccc87)nc(-c7ccccc7)n6)c5)ccc43)C2C=C1. The van der Waals surface area contributed by atoms with Gasteiger partial charge in [-0.3, -0.25) is 0 Å². The molecule has 60 heavy (non-hydrogen) atoms. The van der Waals surface area contributed by atoms with Gasteiger partial charge in [0.1, 0.15) is 11.5 Å². The zero-order valence-corrected chi connectivity index (χ0v) is 32.8. The molecule has 0 bridgehead atoms. The normalized spacial score (nSPS) is 20.3. The molecule has 1 aromatic heterocycles. The second kappa shape index (κ2) is 13.9. The van der Waals surface area contributed by atoms with Crippen LogP contribution in [0.2, 0.25) is 0 Å². The Hall–Kier alpha value is -7.43. The molecule has 4 unspecified atom stereocenters. The van der Waals surface area contributed by atoms with Gasteiger partial charge in [-0.05, 0) is 63.6 Å². The maximum atomic E-state index is 6.87. The number of benzene rings is 7. The lowest BCUT2D eigenvalue weighted by atomic mass is 9.62. The molecule has 1 spiro atoms. The van der Waals surface area contributed by atoms with E-state index in [1.807, 2.05) is 18.2 Å². The molecule has 8 aromatic rings. The smallest absolute Gasteiger partial charge is 0.164 e. The molecule has 4 nitrogen and oxygen atoms in total. The van der Waals surface area contributed by atoms with E-state index in [1.54, 1.807) is 0 Å². The van der Waals surface area contributed by atoms with Crippen LogP contribution in [-0.4, -0.2) is 15.0 Å². The van der Waals surface area contributed by atoms with E-state index in [1.165, 1.54) is 33.4 Å². The average Bonchev–Trinajstić information content (AvgIpc) is 3.62. The first-order valence-corrected chi connectivity index (χ1v) is 20.9. The van der Waals surface area contributed by atoms with Gasteiger partial charge in [0.05, 0.1) is 5.41 Å². The number of hydrogen-bond donors (Lipinski definition) is 0. The fourth-order valence-electron chi connectivity index (χ4n) is 10.5. The van der Waals surface area contributed by atoms with Crippen LogP contribution in [0.3, 0.4) is 0 Å². The molecule has 3 aliphatic carbocycles. The third kappa shape index (κ3) is 5.34. The Balaban J connectivity index is 0.973. The minimum Gasteiger partial charge on any atom is -0.457 e. The monoisotopic (exact) mass is 769 g/mol. The Bertz CT molecular complexity index is 3070. The van der Waals surface area contributed by atoms with Crippen LogP contribution in [0.15, 0.2) is 206 Å². The lowest BCUT2D eigenvalue weighted by molar-refractivity contribution is 0.374. The van der Waals surface area contributed by atoms with Crippen molar-refractivity contribution in [3.8, 4) is 45.4 Å². The van der Waals surface area contributed by atoms with E-state index in [0.717, 1.165) is 51.3 Å². The molecule has 7 aromatic carbocycles. The highest BCUT2D eigenvalue weighted by molar-refractivity contribution is 5.82. The Labute approximate surface area is 350 Å². The van der Waals surface area contributed by atoms with Gasteiger partial charge in [-0.2, -0.15) is 0 Å². The van der Waals surface area contributed by atoms with Gasteiger partial charge in [0.15, 0.2) is 17.5 Å². The first-order chi connectivity index (χ1) is 29.7. The summed E-state index contributed by atoms with van der Waals surface area (Å²) in [4.78, 5) is 15.6. The molecule has 4 aliphatic rings. The minimum atomic E-state index is -0.379. The number of nitrogens with zero attached hydrogens (tertiary/aromatic N) is 3. The van der Waals surface area contributed by atoms with Crippen molar-refractivity contribution >= 4 is 5.57 Å². The van der Waals surface area contributed by atoms with Gasteiger partial charge in [-0.1, -0.05) is 188 Å². The number of rotatable bonds is 5. The number of hydrogen-bond acceptors (Lipinski definition) is 4. The summed E-state index contributed by atoms with van der Waals surface area (Å²) in [6.07, 6.45) is 12.4. The Morgan fingerprint density at radius 1 is 0.467 bits per heavy atom. The molecule has 12 rings (SSSR count). The van der Waals surface area contributed by atoms with E-state index in [9.17, 15) is 0 Å². The van der Waals surface area contributed by atoms with E-state index in [-0.39, 0.29) is 23.2 Å². The predicted octanol–water partition coefficient (Wildman–Crippen LogP) is 13.1. The van der Waals surface area contributed by atoms with Crippen LogP contribution >= 0.6 is 0 Å². The van der Waals surface area contributed by atoms with E-state index < -0.39 is 0 Å². The molecule has 284 valence electrons. The van der Waals surface area contributed by atoms with Gasteiger partial charge in [0.2, 0.25) is 0 Å². The molecule has 0 amide bonds. The van der Waals surface area contributed by atoms with Crippen molar-refractivity contribution in [2.24, 2.45) is 5.92 Å². The Kier molecular flexibility index (Phi) is 7.99. The molecular weight excluding hydrogens is 731 g/mol. The maximum absolute atomic E-state index is 6.87. The van der Waals surface area contributed by atoms with E-state index >= 15 is 0 Å². The van der Waals surface area contributed by atoms with Crippen LogP contribution in [0.4, 0.5) is 0 Å². The van der Waals surface area contributed by atoms with Crippen LogP contribution < -0.4 is 4.74 Å². The quantitative estimate of drug-likeness (QED) is 0.175. The fourth-order valence-corrected chi connectivity index (χ4v) is 10.5. The van der Waals surface area contributed by atoms with Gasteiger partial charge in [0, 0.05) is 45.6 Å². The number of allylic oxidation sites excluding steroid dienone is 5. The molecule has 0 saturated carbocycles. The molecule has 0 radical (unpaired) electrons. The lowest BCUT2D eigenvalue weighted by Gasteiger charge is -2.43. The molecule has 4 atom stereocenters. The predicted molar refractivity (Wildman–Crippen MR) is 240 cm³/mol. The zero-order valence-electron chi connectivity index (χ0n) is 32.8. The topological polar surface area (TPSA) is 47.9 Å². The van der Waals surface area contributed by atoms with Crippen LogP contribution in [0.25, 0.3) is 39.5 Å². The second-order valence-corrected chi connectivity index (χ2v) is 16.2. The van der Waals surface area contributed by atoms with Crippen molar-refractivity contribution in [1.29, 1.82) is 0 Å². The fraction of sp³-hybridized carbons (Fsp3) is 0.0893. The number of para-hydroxylation sites is 1.